The first-order valence-electron chi connectivity index (χ1n) is 14.2. The molecule has 1 aliphatic rings. The van der Waals surface area contributed by atoms with E-state index in [1.807, 2.05) is 0 Å². The molecule has 4 aromatic rings. The topological polar surface area (TPSA) is 38.8 Å². The number of aryl methyl sites for hydroxylation is 1. The van der Waals surface area contributed by atoms with Gasteiger partial charge in [-0.1, -0.05) is 30.3 Å². The SMILES string of the molecule is COc1cc(F)c(-c2ccccc2C)cc1-c1ccc(C(F)(F)F)cc1CN1C(=O)OC(c2cc(C(F)(F)F)cc(C(F)(F)F)c2)[C@@H]1C. The fraction of sp³-hybridized carbons (Fsp3) is 0.265. The summed E-state index contributed by atoms with van der Waals surface area (Å²) in [6, 6.07) is 11.5. The number of rotatable bonds is 6. The highest BCUT2D eigenvalue weighted by Crippen LogP contribution is 2.44. The minimum Gasteiger partial charge on any atom is -0.496 e. The van der Waals surface area contributed by atoms with Gasteiger partial charge in [0.2, 0.25) is 0 Å². The minimum absolute atomic E-state index is 0.0515. The molecule has 48 heavy (non-hydrogen) atoms. The molecule has 5 rings (SSSR count). The van der Waals surface area contributed by atoms with Crippen LogP contribution in [0.5, 0.6) is 5.75 Å². The normalized spacial score (nSPS) is 17.1. The standard InChI is InChI=1S/C34H25F10NO3/c1-17-6-4-5-7-24(17)26-14-27(29(47-3)15-28(26)35)25-9-8-21(32(36,37)38)12-20(25)16-45-18(2)30(48-31(45)46)19-10-22(33(39,40)41)13-23(11-19)34(42,43)44/h4-15,18,30H,16H2,1-3H3/t18-,30?/m0/s1. The third kappa shape index (κ3) is 6.78. The average Bonchev–Trinajstić information content (AvgIpc) is 3.28. The van der Waals surface area contributed by atoms with Crippen LogP contribution in [-0.4, -0.2) is 24.1 Å². The largest absolute Gasteiger partial charge is 0.496 e. The Morgan fingerprint density at radius 1 is 0.729 bits per heavy atom. The second-order valence-corrected chi connectivity index (χ2v) is 11.2. The van der Waals surface area contributed by atoms with Crippen molar-refractivity contribution in [1.29, 1.82) is 0 Å². The molecular formula is C34H25F10NO3. The van der Waals surface area contributed by atoms with E-state index < -0.39 is 71.4 Å². The number of carbonyl (C=O) groups is 1. The maximum atomic E-state index is 15.3. The molecule has 4 nitrogen and oxygen atoms in total. The van der Waals surface area contributed by atoms with Crippen LogP contribution in [0.2, 0.25) is 0 Å². The molecular weight excluding hydrogens is 660 g/mol. The van der Waals surface area contributed by atoms with Crippen LogP contribution in [0.25, 0.3) is 22.3 Å². The van der Waals surface area contributed by atoms with Gasteiger partial charge in [0.1, 0.15) is 17.7 Å². The number of ether oxygens (including phenoxy) is 2. The van der Waals surface area contributed by atoms with Crippen LogP contribution < -0.4 is 4.74 Å². The number of methoxy groups -OCH3 is 1. The van der Waals surface area contributed by atoms with Crippen molar-refractivity contribution in [2.45, 2.75) is 51.1 Å². The summed E-state index contributed by atoms with van der Waals surface area (Å²) in [5.41, 5.74) is -3.54. The Kier molecular flexibility index (Phi) is 8.91. The summed E-state index contributed by atoms with van der Waals surface area (Å²) in [5, 5.41) is 0. The first-order chi connectivity index (χ1) is 22.3. The van der Waals surface area contributed by atoms with Gasteiger partial charge in [-0.15, -0.1) is 0 Å². The number of alkyl halides is 9. The third-order valence-electron chi connectivity index (χ3n) is 8.12. The van der Waals surface area contributed by atoms with Crippen molar-refractivity contribution in [3.05, 3.63) is 112 Å². The van der Waals surface area contributed by atoms with E-state index in [4.69, 9.17) is 9.47 Å². The molecule has 1 fully saturated rings. The van der Waals surface area contributed by atoms with Crippen LogP contribution >= 0.6 is 0 Å². The van der Waals surface area contributed by atoms with Gasteiger partial charge in [0.25, 0.3) is 0 Å². The van der Waals surface area contributed by atoms with Crippen molar-refractivity contribution < 1.29 is 58.2 Å². The highest BCUT2D eigenvalue weighted by Gasteiger charge is 2.44. The number of halogens is 10. The Hall–Kier alpha value is -4.75. The number of carbonyl (C=O) groups excluding carboxylic acids is 1. The lowest BCUT2D eigenvalue weighted by Crippen LogP contribution is -2.32. The lowest BCUT2D eigenvalue weighted by Gasteiger charge is -2.24. The maximum absolute atomic E-state index is 15.3. The predicted octanol–water partition coefficient (Wildman–Crippen LogP) is 10.6. The Morgan fingerprint density at radius 3 is 1.90 bits per heavy atom. The lowest BCUT2D eigenvalue weighted by molar-refractivity contribution is -0.143. The van der Waals surface area contributed by atoms with Crippen molar-refractivity contribution in [3.8, 4) is 28.0 Å². The van der Waals surface area contributed by atoms with E-state index in [1.54, 1.807) is 31.2 Å². The number of nitrogens with zero attached hydrogens (tertiary/aromatic N) is 1. The fourth-order valence-electron chi connectivity index (χ4n) is 5.67. The molecule has 0 aromatic heterocycles. The second-order valence-electron chi connectivity index (χ2n) is 11.2. The minimum atomic E-state index is -5.17. The highest BCUT2D eigenvalue weighted by atomic mass is 19.4. The first kappa shape index (κ1) is 34.6. The van der Waals surface area contributed by atoms with Crippen LogP contribution in [0.4, 0.5) is 48.7 Å². The van der Waals surface area contributed by atoms with E-state index in [9.17, 15) is 44.3 Å². The third-order valence-corrected chi connectivity index (χ3v) is 8.12. The number of amides is 1. The van der Waals surface area contributed by atoms with Crippen LogP contribution in [0.15, 0.2) is 72.8 Å². The van der Waals surface area contributed by atoms with Crippen LogP contribution in [0.1, 0.15) is 46.4 Å². The molecule has 254 valence electrons. The van der Waals surface area contributed by atoms with E-state index in [0.717, 1.165) is 29.2 Å². The van der Waals surface area contributed by atoms with Gasteiger partial charge in [-0.2, -0.15) is 39.5 Å². The molecule has 0 saturated carbocycles. The summed E-state index contributed by atoms with van der Waals surface area (Å²) in [6.07, 6.45) is -18.0. The number of cyclic esters (lactones) is 1. The number of hydrogen-bond donors (Lipinski definition) is 0. The van der Waals surface area contributed by atoms with Gasteiger partial charge >= 0.3 is 24.6 Å². The summed E-state index contributed by atoms with van der Waals surface area (Å²) in [4.78, 5) is 14.0. The van der Waals surface area contributed by atoms with Crippen LogP contribution in [0, 0.1) is 12.7 Å². The van der Waals surface area contributed by atoms with Gasteiger partial charge in [-0.25, -0.2) is 9.18 Å². The summed E-state index contributed by atoms with van der Waals surface area (Å²) < 4.78 is 149. The monoisotopic (exact) mass is 685 g/mol. The van der Waals surface area contributed by atoms with Crippen molar-refractivity contribution in [2.24, 2.45) is 0 Å². The molecule has 1 aliphatic heterocycles. The zero-order chi connectivity index (χ0) is 35.3. The van der Waals surface area contributed by atoms with Gasteiger partial charge in [0.05, 0.1) is 36.4 Å². The van der Waals surface area contributed by atoms with E-state index >= 15 is 4.39 Å². The Bertz CT molecular complexity index is 1830. The lowest BCUT2D eigenvalue weighted by atomic mass is 9.91. The molecule has 4 aromatic carbocycles. The molecule has 0 radical (unpaired) electrons. The molecule has 0 aliphatic carbocycles. The molecule has 1 amide bonds. The van der Waals surface area contributed by atoms with Gasteiger partial charge in [0, 0.05) is 17.2 Å². The van der Waals surface area contributed by atoms with Crippen molar-refractivity contribution in [3.63, 3.8) is 0 Å². The summed E-state index contributed by atoms with van der Waals surface area (Å²) >= 11 is 0. The zero-order valence-electron chi connectivity index (χ0n) is 25.2. The molecule has 0 spiro atoms. The Morgan fingerprint density at radius 2 is 1.33 bits per heavy atom. The average molecular weight is 686 g/mol. The highest BCUT2D eigenvalue weighted by molar-refractivity contribution is 5.81. The number of hydrogen-bond acceptors (Lipinski definition) is 3. The summed E-state index contributed by atoms with van der Waals surface area (Å²) in [6.45, 7) is 2.41. The molecule has 1 heterocycles. The van der Waals surface area contributed by atoms with E-state index in [2.05, 4.69) is 0 Å². The second kappa shape index (κ2) is 12.4. The zero-order valence-corrected chi connectivity index (χ0v) is 25.2. The first-order valence-corrected chi connectivity index (χ1v) is 14.2. The van der Waals surface area contributed by atoms with Crippen molar-refractivity contribution in [2.75, 3.05) is 7.11 Å². The van der Waals surface area contributed by atoms with E-state index in [-0.39, 0.29) is 34.1 Å². The molecule has 14 heteroatoms. The smallest absolute Gasteiger partial charge is 0.416 e. The Labute approximate surface area is 267 Å². The maximum Gasteiger partial charge on any atom is 0.416 e. The summed E-state index contributed by atoms with van der Waals surface area (Å²) in [7, 11) is 1.23. The molecule has 1 saturated heterocycles. The molecule has 0 N–H and O–H groups in total. The van der Waals surface area contributed by atoms with Crippen molar-refractivity contribution >= 4 is 6.09 Å². The molecule has 2 atom stereocenters. The molecule has 1 unspecified atom stereocenters. The van der Waals surface area contributed by atoms with Crippen LogP contribution in [-0.2, 0) is 29.8 Å². The van der Waals surface area contributed by atoms with Crippen molar-refractivity contribution in [1.82, 2.24) is 4.90 Å². The van der Waals surface area contributed by atoms with E-state index in [0.29, 0.717) is 23.3 Å². The fourth-order valence-corrected chi connectivity index (χ4v) is 5.67. The Balaban J connectivity index is 1.61. The molecule has 0 bridgehead atoms. The van der Waals surface area contributed by atoms with Crippen LogP contribution in [0.3, 0.4) is 0 Å². The quantitative estimate of drug-likeness (QED) is 0.190. The predicted molar refractivity (Wildman–Crippen MR) is 154 cm³/mol. The summed E-state index contributed by atoms with van der Waals surface area (Å²) in [5.74, 6) is -0.735. The number of benzene rings is 4. The van der Waals surface area contributed by atoms with Gasteiger partial charge in [-0.3, -0.25) is 4.90 Å². The van der Waals surface area contributed by atoms with Gasteiger partial charge in [-0.05, 0) is 78.1 Å². The van der Waals surface area contributed by atoms with Gasteiger partial charge in [0.15, 0.2) is 0 Å². The van der Waals surface area contributed by atoms with Gasteiger partial charge < -0.3 is 9.47 Å². The van der Waals surface area contributed by atoms with E-state index in [1.165, 1.54) is 20.1 Å².